The van der Waals surface area contributed by atoms with Gasteiger partial charge in [-0.3, -0.25) is 9.59 Å². The summed E-state index contributed by atoms with van der Waals surface area (Å²) in [5.74, 6) is -1.64. The van der Waals surface area contributed by atoms with Crippen molar-refractivity contribution >= 4 is 17.4 Å². The second-order valence-corrected chi connectivity index (χ2v) is 4.79. The van der Waals surface area contributed by atoms with Gasteiger partial charge in [0.1, 0.15) is 5.82 Å². The summed E-state index contributed by atoms with van der Waals surface area (Å²) in [5.41, 5.74) is 0.293. The molecule has 102 valence electrons. The molecule has 0 aliphatic carbocycles. The molecule has 0 saturated carbocycles. The van der Waals surface area contributed by atoms with E-state index in [0.717, 1.165) is 13.1 Å². The number of benzene rings is 1. The molecule has 2 rings (SSSR count). The minimum absolute atomic E-state index is 0.126. The lowest BCUT2D eigenvalue weighted by Crippen LogP contribution is -2.37. The first-order valence-corrected chi connectivity index (χ1v) is 6.41. The highest BCUT2D eigenvalue weighted by molar-refractivity contribution is 6.52. The van der Waals surface area contributed by atoms with Gasteiger partial charge in [0.25, 0.3) is 11.7 Å². The van der Waals surface area contributed by atoms with E-state index < -0.39 is 17.5 Å². The van der Waals surface area contributed by atoms with Crippen molar-refractivity contribution in [1.82, 2.24) is 5.32 Å². The van der Waals surface area contributed by atoms with Crippen molar-refractivity contribution in [2.45, 2.75) is 13.8 Å². The minimum atomic E-state index is -0.636. The maximum Gasteiger partial charge on any atom is 0.299 e. The molecule has 0 fully saturated rings. The van der Waals surface area contributed by atoms with Crippen LogP contribution in [0.5, 0.6) is 0 Å². The van der Waals surface area contributed by atoms with Crippen LogP contribution in [0.4, 0.5) is 10.1 Å². The summed E-state index contributed by atoms with van der Waals surface area (Å²) in [6.45, 7) is 5.84. The first-order chi connectivity index (χ1) is 9.06. The zero-order chi connectivity index (χ0) is 14.0. The molecule has 1 unspecified atom stereocenters. The molecule has 4 nitrogen and oxygen atoms in total. The molecule has 1 aromatic carbocycles. The third-order valence-corrected chi connectivity index (χ3v) is 3.18. The van der Waals surface area contributed by atoms with Crippen LogP contribution in [-0.4, -0.2) is 31.3 Å². The summed E-state index contributed by atoms with van der Waals surface area (Å²) in [7, 11) is 0. The molecule has 1 heterocycles. The summed E-state index contributed by atoms with van der Waals surface area (Å²) in [6, 6.07) is 4.21. The molecule has 1 aliphatic rings. The predicted octanol–water partition coefficient (Wildman–Crippen LogP) is 1.60. The number of hydrogen-bond donors (Lipinski definition) is 1. The highest BCUT2D eigenvalue weighted by Gasteiger charge is 2.38. The van der Waals surface area contributed by atoms with Gasteiger partial charge in [0.15, 0.2) is 0 Å². The number of rotatable bonds is 5. The minimum Gasteiger partial charge on any atom is -0.317 e. The van der Waals surface area contributed by atoms with Crippen molar-refractivity contribution in [1.29, 1.82) is 0 Å². The van der Waals surface area contributed by atoms with Crippen LogP contribution in [0.3, 0.4) is 0 Å². The Balaban J connectivity index is 2.23. The van der Waals surface area contributed by atoms with Crippen LogP contribution < -0.4 is 10.2 Å². The molecule has 19 heavy (non-hydrogen) atoms. The molecule has 5 heteroatoms. The fourth-order valence-electron chi connectivity index (χ4n) is 2.25. The third-order valence-electron chi connectivity index (χ3n) is 3.18. The van der Waals surface area contributed by atoms with Gasteiger partial charge in [0, 0.05) is 6.54 Å². The number of anilines is 1. The SMILES string of the molecule is CCNCC(C)CN1C(=O)C(=O)c2cccc(F)c21. The van der Waals surface area contributed by atoms with Gasteiger partial charge in [0.2, 0.25) is 0 Å². The van der Waals surface area contributed by atoms with Crippen molar-refractivity contribution in [3.8, 4) is 0 Å². The van der Waals surface area contributed by atoms with E-state index in [1.54, 1.807) is 0 Å². The molecule has 1 aromatic rings. The fourth-order valence-corrected chi connectivity index (χ4v) is 2.25. The van der Waals surface area contributed by atoms with Crippen LogP contribution in [0, 0.1) is 11.7 Å². The number of carbonyl (C=O) groups is 2. The van der Waals surface area contributed by atoms with E-state index in [0.29, 0.717) is 6.54 Å². The lowest BCUT2D eigenvalue weighted by molar-refractivity contribution is -0.114. The Labute approximate surface area is 111 Å². The molecular weight excluding hydrogens is 247 g/mol. The summed E-state index contributed by atoms with van der Waals surface area (Å²) < 4.78 is 13.8. The van der Waals surface area contributed by atoms with Gasteiger partial charge in [-0.25, -0.2) is 4.39 Å². The zero-order valence-corrected chi connectivity index (χ0v) is 11.1. The molecule has 1 amide bonds. The molecule has 1 aliphatic heterocycles. The van der Waals surface area contributed by atoms with Gasteiger partial charge < -0.3 is 10.2 Å². The van der Waals surface area contributed by atoms with E-state index in [2.05, 4.69) is 5.32 Å². The van der Waals surface area contributed by atoms with Gasteiger partial charge >= 0.3 is 0 Å². The van der Waals surface area contributed by atoms with Gasteiger partial charge in [-0.1, -0.05) is 19.9 Å². The quantitative estimate of drug-likeness (QED) is 0.822. The number of para-hydroxylation sites is 1. The molecule has 0 saturated heterocycles. The van der Waals surface area contributed by atoms with E-state index in [1.807, 2.05) is 13.8 Å². The molecule has 0 radical (unpaired) electrons. The number of carbonyl (C=O) groups excluding carboxylic acids is 2. The van der Waals surface area contributed by atoms with Gasteiger partial charge in [-0.05, 0) is 31.1 Å². The summed E-state index contributed by atoms with van der Waals surface area (Å²) in [5, 5.41) is 3.17. The van der Waals surface area contributed by atoms with Crippen LogP contribution in [-0.2, 0) is 4.79 Å². The van der Waals surface area contributed by atoms with Crippen LogP contribution >= 0.6 is 0 Å². The van der Waals surface area contributed by atoms with Crippen LogP contribution in [0.1, 0.15) is 24.2 Å². The molecule has 0 bridgehead atoms. The molecule has 0 spiro atoms. The molecule has 1 atom stereocenters. The number of hydrogen-bond acceptors (Lipinski definition) is 3. The summed E-state index contributed by atoms with van der Waals surface area (Å²) >= 11 is 0. The highest BCUT2D eigenvalue weighted by atomic mass is 19.1. The van der Waals surface area contributed by atoms with Crippen molar-refractivity contribution < 1.29 is 14.0 Å². The van der Waals surface area contributed by atoms with Crippen LogP contribution in [0.2, 0.25) is 0 Å². The number of ketones is 1. The van der Waals surface area contributed by atoms with E-state index in [1.165, 1.54) is 23.1 Å². The maximum absolute atomic E-state index is 13.8. The van der Waals surface area contributed by atoms with Crippen molar-refractivity contribution in [3.63, 3.8) is 0 Å². The first kappa shape index (κ1) is 13.7. The van der Waals surface area contributed by atoms with Gasteiger partial charge in [0.05, 0.1) is 11.3 Å². The number of Topliss-reactive ketones (excluding diaryl/α,β-unsaturated/α-hetero) is 1. The number of fused-ring (bicyclic) bond motifs is 1. The Morgan fingerprint density at radius 3 is 2.79 bits per heavy atom. The highest BCUT2D eigenvalue weighted by Crippen LogP contribution is 2.31. The third kappa shape index (κ3) is 2.51. The largest absolute Gasteiger partial charge is 0.317 e. The van der Waals surface area contributed by atoms with Crippen LogP contribution in [0.25, 0.3) is 0 Å². The number of halogens is 1. The van der Waals surface area contributed by atoms with E-state index in [9.17, 15) is 14.0 Å². The van der Waals surface area contributed by atoms with Crippen molar-refractivity contribution in [2.24, 2.45) is 5.92 Å². The van der Waals surface area contributed by atoms with Gasteiger partial charge in [-0.15, -0.1) is 0 Å². The maximum atomic E-state index is 13.8. The standard InChI is InChI=1S/C14H17FN2O2/c1-3-16-7-9(2)8-17-12-10(13(18)14(17)19)5-4-6-11(12)15/h4-6,9,16H,3,7-8H2,1-2H3. The number of nitrogens with one attached hydrogen (secondary N) is 1. The lowest BCUT2D eigenvalue weighted by atomic mass is 10.1. The average Bonchev–Trinajstić information content (AvgIpc) is 2.63. The Hall–Kier alpha value is -1.75. The van der Waals surface area contributed by atoms with E-state index in [4.69, 9.17) is 0 Å². The smallest absolute Gasteiger partial charge is 0.299 e. The van der Waals surface area contributed by atoms with E-state index in [-0.39, 0.29) is 17.2 Å². The zero-order valence-electron chi connectivity index (χ0n) is 11.1. The molecular formula is C14H17FN2O2. The average molecular weight is 264 g/mol. The number of amides is 1. The Kier molecular flexibility index (Phi) is 3.95. The topological polar surface area (TPSA) is 49.4 Å². The van der Waals surface area contributed by atoms with Crippen molar-refractivity contribution in [2.75, 3.05) is 24.5 Å². The predicted molar refractivity (Wildman–Crippen MR) is 70.8 cm³/mol. The second kappa shape index (κ2) is 5.48. The monoisotopic (exact) mass is 264 g/mol. The van der Waals surface area contributed by atoms with E-state index >= 15 is 0 Å². The van der Waals surface area contributed by atoms with Gasteiger partial charge in [-0.2, -0.15) is 0 Å². The number of nitrogens with zero attached hydrogens (tertiary/aromatic N) is 1. The molecule has 0 aromatic heterocycles. The first-order valence-electron chi connectivity index (χ1n) is 6.41. The Bertz CT molecular complexity index is 516. The van der Waals surface area contributed by atoms with Crippen LogP contribution in [0.15, 0.2) is 18.2 Å². The summed E-state index contributed by atoms with van der Waals surface area (Å²) in [6.07, 6.45) is 0. The second-order valence-electron chi connectivity index (χ2n) is 4.79. The Morgan fingerprint density at radius 2 is 2.11 bits per heavy atom. The molecule has 1 N–H and O–H groups in total. The lowest BCUT2D eigenvalue weighted by Gasteiger charge is -2.21. The normalized spacial score (nSPS) is 15.8. The van der Waals surface area contributed by atoms with Crippen molar-refractivity contribution in [3.05, 3.63) is 29.6 Å². The Morgan fingerprint density at radius 1 is 1.37 bits per heavy atom. The summed E-state index contributed by atoms with van der Waals surface area (Å²) in [4.78, 5) is 25.0. The fraction of sp³-hybridized carbons (Fsp3) is 0.429.